The number of hydrogen-bond donors (Lipinski definition) is 1. The van der Waals surface area contributed by atoms with E-state index in [9.17, 15) is 9.59 Å². The van der Waals surface area contributed by atoms with Gasteiger partial charge in [-0.05, 0) is 54.0 Å². The molecule has 1 saturated heterocycles. The number of thiophene rings is 1. The number of nitrogens with one attached hydrogen (secondary N) is 1. The van der Waals surface area contributed by atoms with E-state index in [0.29, 0.717) is 10.8 Å². The van der Waals surface area contributed by atoms with Gasteiger partial charge in [0.15, 0.2) is 0 Å². The van der Waals surface area contributed by atoms with Crippen molar-refractivity contribution in [1.82, 2.24) is 15.1 Å². The number of rotatable bonds is 5. The average Bonchev–Trinajstić information content (AvgIpc) is 3.07. The number of hydrogen-bond acceptors (Lipinski definition) is 4. The summed E-state index contributed by atoms with van der Waals surface area (Å²) in [4.78, 5) is 28.5. The largest absolute Gasteiger partial charge is 0.341 e. The van der Waals surface area contributed by atoms with E-state index in [1.54, 1.807) is 13.1 Å². The Morgan fingerprint density at radius 1 is 1.50 bits per heavy atom. The molecule has 2 amide bonds. The molecule has 0 radical (unpaired) electrons. The highest BCUT2D eigenvalue weighted by atomic mass is 79.9. The van der Waals surface area contributed by atoms with Gasteiger partial charge in [0.2, 0.25) is 5.91 Å². The molecule has 1 N–H and O–H groups in total. The van der Waals surface area contributed by atoms with Crippen molar-refractivity contribution >= 4 is 51.5 Å². The highest BCUT2D eigenvalue weighted by Gasteiger charge is 2.27. The van der Waals surface area contributed by atoms with E-state index in [2.05, 4.69) is 21.2 Å². The maximum absolute atomic E-state index is 12.3. The number of amides is 2. The van der Waals surface area contributed by atoms with Crippen LogP contribution >= 0.6 is 39.7 Å². The predicted octanol–water partition coefficient (Wildman–Crippen LogP) is 2.07. The van der Waals surface area contributed by atoms with Gasteiger partial charge >= 0.3 is 0 Å². The van der Waals surface area contributed by atoms with Gasteiger partial charge in [-0.15, -0.1) is 23.7 Å². The van der Waals surface area contributed by atoms with Crippen molar-refractivity contribution < 1.29 is 9.59 Å². The maximum Gasteiger partial charge on any atom is 0.264 e. The van der Waals surface area contributed by atoms with Crippen molar-refractivity contribution in [3.8, 4) is 0 Å². The van der Waals surface area contributed by atoms with Gasteiger partial charge in [-0.25, -0.2) is 0 Å². The quantitative estimate of drug-likeness (QED) is 0.808. The molecule has 8 heteroatoms. The lowest BCUT2D eigenvalue weighted by atomic mass is 10.1. The monoisotopic (exact) mass is 409 g/mol. The molecule has 1 aliphatic rings. The molecule has 0 saturated carbocycles. The summed E-state index contributed by atoms with van der Waals surface area (Å²) in [6.45, 7) is 2.65. The molecule has 2 rings (SSSR count). The topological polar surface area (TPSA) is 52.7 Å². The molecule has 124 valence electrons. The summed E-state index contributed by atoms with van der Waals surface area (Å²) in [5.41, 5.74) is 0. The molecule has 0 bridgehead atoms. The Morgan fingerprint density at radius 2 is 2.23 bits per heavy atom. The van der Waals surface area contributed by atoms with Crippen LogP contribution in [0.2, 0.25) is 0 Å². The summed E-state index contributed by atoms with van der Waals surface area (Å²) in [7, 11) is 3.60. The fraction of sp³-hybridized carbons (Fsp3) is 0.571. The Kier molecular flexibility index (Phi) is 7.82. The van der Waals surface area contributed by atoms with Crippen LogP contribution in [0.1, 0.15) is 16.1 Å². The normalized spacial score (nSPS) is 17.2. The summed E-state index contributed by atoms with van der Waals surface area (Å²) in [6, 6.07) is 3.62. The zero-order chi connectivity index (χ0) is 15.4. The van der Waals surface area contributed by atoms with Crippen LogP contribution in [0.25, 0.3) is 0 Å². The minimum absolute atomic E-state index is 0. The third-order valence-corrected chi connectivity index (χ3v) is 5.25. The van der Waals surface area contributed by atoms with E-state index in [1.807, 2.05) is 18.0 Å². The van der Waals surface area contributed by atoms with Crippen molar-refractivity contribution in [3.63, 3.8) is 0 Å². The molecular weight excluding hydrogens is 390 g/mol. The fourth-order valence-corrected chi connectivity index (χ4v) is 3.89. The van der Waals surface area contributed by atoms with Crippen molar-refractivity contribution in [2.24, 2.45) is 5.92 Å². The molecule has 1 aromatic rings. The molecule has 0 aliphatic carbocycles. The van der Waals surface area contributed by atoms with Crippen LogP contribution < -0.4 is 5.32 Å². The first-order valence-corrected chi connectivity index (χ1v) is 8.55. The van der Waals surface area contributed by atoms with Crippen LogP contribution in [0.3, 0.4) is 0 Å². The zero-order valence-electron chi connectivity index (χ0n) is 12.7. The molecule has 1 aromatic heterocycles. The number of carbonyl (C=O) groups is 2. The van der Waals surface area contributed by atoms with Crippen LogP contribution in [0.5, 0.6) is 0 Å². The van der Waals surface area contributed by atoms with Gasteiger partial charge in [-0.3, -0.25) is 9.59 Å². The van der Waals surface area contributed by atoms with Crippen LogP contribution in [-0.2, 0) is 4.79 Å². The summed E-state index contributed by atoms with van der Waals surface area (Å²) in [5.74, 6) is 0.443. The minimum atomic E-state index is -0.106. The third kappa shape index (κ3) is 4.94. The molecule has 1 atom stereocenters. The molecule has 5 nitrogen and oxygen atoms in total. The van der Waals surface area contributed by atoms with Gasteiger partial charge in [0.1, 0.15) is 0 Å². The van der Waals surface area contributed by atoms with E-state index in [0.717, 1.165) is 29.8 Å². The fourth-order valence-electron chi connectivity index (χ4n) is 2.51. The first kappa shape index (κ1) is 19.4. The molecule has 22 heavy (non-hydrogen) atoms. The molecule has 1 aliphatic heterocycles. The second-order valence-electron chi connectivity index (χ2n) is 5.32. The van der Waals surface area contributed by atoms with Crippen molar-refractivity contribution in [1.29, 1.82) is 0 Å². The molecule has 1 unspecified atom stereocenters. The van der Waals surface area contributed by atoms with Crippen molar-refractivity contribution in [2.75, 3.05) is 40.3 Å². The van der Waals surface area contributed by atoms with Crippen LogP contribution in [0, 0.1) is 5.92 Å². The number of carbonyl (C=O) groups excluding carboxylic acids is 2. The zero-order valence-corrected chi connectivity index (χ0v) is 15.9. The number of likely N-dealkylation sites (N-methyl/N-ethyl adjacent to an activating group) is 1. The van der Waals surface area contributed by atoms with E-state index in [-0.39, 0.29) is 30.8 Å². The summed E-state index contributed by atoms with van der Waals surface area (Å²) in [5, 5.41) is 3.15. The van der Waals surface area contributed by atoms with Gasteiger partial charge in [-0.1, -0.05) is 0 Å². The molecule has 2 heterocycles. The summed E-state index contributed by atoms with van der Waals surface area (Å²) < 4.78 is 0.917. The van der Waals surface area contributed by atoms with Crippen LogP contribution in [0.4, 0.5) is 0 Å². The lowest BCUT2D eigenvalue weighted by Gasteiger charge is -2.21. The Balaban J connectivity index is 0.00000242. The molecular formula is C14H21BrClN3O2S. The maximum atomic E-state index is 12.3. The highest BCUT2D eigenvalue weighted by molar-refractivity contribution is 9.11. The average molecular weight is 411 g/mol. The number of nitrogens with zero attached hydrogens (tertiary/aromatic N) is 2. The lowest BCUT2D eigenvalue weighted by molar-refractivity contribution is -0.130. The van der Waals surface area contributed by atoms with Gasteiger partial charge in [-0.2, -0.15) is 0 Å². The smallest absolute Gasteiger partial charge is 0.264 e. The number of halogens is 2. The van der Waals surface area contributed by atoms with Crippen LogP contribution in [-0.4, -0.2) is 61.9 Å². The van der Waals surface area contributed by atoms with Gasteiger partial charge < -0.3 is 15.1 Å². The Bertz CT molecular complexity index is 526. The Labute approximate surface area is 149 Å². The minimum Gasteiger partial charge on any atom is -0.341 e. The first-order chi connectivity index (χ1) is 10.0. The van der Waals surface area contributed by atoms with Gasteiger partial charge in [0, 0.05) is 20.1 Å². The second-order valence-corrected chi connectivity index (χ2v) is 7.78. The van der Waals surface area contributed by atoms with E-state index in [1.165, 1.54) is 16.2 Å². The number of likely N-dealkylation sites (tertiary alicyclic amines) is 1. The van der Waals surface area contributed by atoms with Gasteiger partial charge in [0.05, 0.1) is 15.2 Å². The van der Waals surface area contributed by atoms with Gasteiger partial charge in [0.25, 0.3) is 5.91 Å². The van der Waals surface area contributed by atoms with Crippen molar-refractivity contribution in [3.05, 3.63) is 20.8 Å². The Morgan fingerprint density at radius 3 is 2.82 bits per heavy atom. The summed E-state index contributed by atoms with van der Waals surface area (Å²) >= 11 is 4.73. The van der Waals surface area contributed by atoms with E-state index < -0.39 is 0 Å². The summed E-state index contributed by atoms with van der Waals surface area (Å²) in [6.07, 6.45) is 1.03. The lowest BCUT2D eigenvalue weighted by Crippen LogP contribution is -2.40. The molecule has 1 fully saturated rings. The van der Waals surface area contributed by atoms with Crippen molar-refractivity contribution in [2.45, 2.75) is 6.42 Å². The first-order valence-electron chi connectivity index (χ1n) is 6.94. The molecule has 0 spiro atoms. The third-order valence-electron chi connectivity index (χ3n) is 3.63. The van der Waals surface area contributed by atoms with E-state index >= 15 is 0 Å². The second kappa shape index (κ2) is 8.86. The standard InChI is InChI=1S/C14H20BrN3O2S.ClH/c1-16-7-10-5-6-18(8-10)13(19)9-17(2)14(20)11-3-4-12(15)21-11;/h3-4,10,16H,5-9H2,1-2H3;1H. The van der Waals surface area contributed by atoms with E-state index in [4.69, 9.17) is 0 Å². The SMILES string of the molecule is CNCC1CCN(C(=O)CN(C)C(=O)c2ccc(Br)s2)C1.Cl. The van der Waals surface area contributed by atoms with Crippen LogP contribution in [0.15, 0.2) is 15.9 Å². The highest BCUT2D eigenvalue weighted by Crippen LogP contribution is 2.23. The molecule has 0 aromatic carbocycles. The Hall–Kier alpha value is -0.630. The predicted molar refractivity (Wildman–Crippen MR) is 94.8 cm³/mol.